The summed E-state index contributed by atoms with van der Waals surface area (Å²) in [4.78, 5) is 15.1. The van der Waals surface area contributed by atoms with Crippen molar-refractivity contribution in [2.75, 3.05) is 20.1 Å². The molecule has 100 valence electrons. The minimum Gasteiger partial charge on any atom is -0.457 e. The first kappa shape index (κ1) is 12.6. The quantitative estimate of drug-likeness (QED) is 0.789. The van der Waals surface area contributed by atoms with E-state index in [2.05, 4.69) is 11.9 Å². The molecule has 0 bridgehead atoms. The summed E-state index contributed by atoms with van der Waals surface area (Å²) in [6.07, 6.45) is 2.11. The maximum Gasteiger partial charge on any atom is 0.348 e. The first-order chi connectivity index (χ1) is 9.22. The molecule has 0 amide bonds. The van der Waals surface area contributed by atoms with E-state index in [0.717, 1.165) is 36.0 Å². The number of hydrogen-bond acceptors (Lipinski definition) is 4. The van der Waals surface area contributed by atoms with Crippen LogP contribution in [-0.4, -0.2) is 37.1 Å². The highest BCUT2D eigenvalue weighted by atomic mass is 32.1. The van der Waals surface area contributed by atoms with Gasteiger partial charge in [0, 0.05) is 11.2 Å². The van der Waals surface area contributed by atoms with Crippen LogP contribution in [0.5, 0.6) is 0 Å². The lowest BCUT2D eigenvalue weighted by molar-refractivity contribution is 0.0114. The van der Waals surface area contributed by atoms with Gasteiger partial charge in [0.25, 0.3) is 0 Å². The van der Waals surface area contributed by atoms with Crippen LogP contribution in [0.25, 0.3) is 10.1 Å². The number of piperidine rings is 1. The van der Waals surface area contributed by atoms with E-state index in [4.69, 9.17) is 4.74 Å². The number of likely N-dealkylation sites (N-methyl/N-ethyl adjacent to an activating group) is 1. The minimum atomic E-state index is -0.179. The molecule has 1 aliphatic rings. The summed E-state index contributed by atoms with van der Waals surface area (Å²) in [5.41, 5.74) is 0. The van der Waals surface area contributed by atoms with Crippen molar-refractivity contribution in [1.29, 1.82) is 0 Å². The zero-order valence-electron chi connectivity index (χ0n) is 11.0. The Morgan fingerprint density at radius 3 is 3.05 bits per heavy atom. The third kappa shape index (κ3) is 2.80. The molecule has 2 aromatic rings. The van der Waals surface area contributed by atoms with Gasteiger partial charge < -0.3 is 9.64 Å². The van der Waals surface area contributed by atoms with E-state index in [-0.39, 0.29) is 12.1 Å². The largest absolute Gasteiger partial charge is 0.457 e. The van der Waals surface area contributed by atoms with Crippen molar-refractivity contribution in [3.8, 4) is 0 Å². The Bertz CT molecular complexity index is 560. The van der Waals surface area contributed by atoms with Crippen molar-refractivity contribution in [2.24, 2.45) is 0 Å². The molecule has 1 aliphatic heterocycles. The Labute approximate surface area is 116 Å². The smallest absolute Gasteiger partial charge is 0.348 e. The number of hydrogen-bond donors (Lipinski definition) is 0. The van der Waals surface area contributed by atoms with Crippen LogP contribution in [0, 0.1) is 0 Å². The Kier molecular flexibility index (Phi) is 3.53. The second-order valence-electron chi connectivity index (χ2n) is 5.08. The van der Waals surface area contributed by atoms with Crippen LogP contribution in [0.3, 0.4) is 0 Å². The lowest BCUT2D eigenvalue weighted by Crippen LogP contribution is -2.38. The monoisotopic (exact) mass is 275 g/mol. The summed E-state index contributed by atoms with van der Waals surface area (Å²) in [6, 6.07) is 9.96. The third-order valence-electron chi connectivity index (χ3n) is 3.48. The molecule has 0 aliphatic carbocycles. The summed E-state index contributed by atoms with van der Waals surface area (Å²) in [7, 11) is 2.07. The standard InChI is InChI=1S/C15H17NO2S/c1-16-8-4-6-12(10-16)18-15(17)14-9-11-5-2-3-7-13(11)19-14/h2-3,5,7,9,12H,4,6,8,10H2,1H3. The molecular weight excluding hydrogens is 258 g/mol. The molecule has 19 heavy (non-hydrogen) atoms. The van der Waals surface area contributed by atoms with E-state index in [1.165, 1.54) is 11.3 Å². The molecule has 3 nitrogen and oxygen atoms in total. The molecule has 1 saturated heterocycles. The van der Waals surface area contributed by atoms with Gasteiger partial charge in [0.05, 0.1) is 0 Å². The zero-order chi connectivity index (χ0) is 13.2. The highest BCUT2D eigenvalue weighted by molar-refractivity contribution is 7.20. The van der Waals surface area contributed by atoms with Crippen molar-refractivity contribution >= 4 is 27.4 Å². The fourth-order valence-corrected chi connectivity index (χ4v) is 3.45. The lowest BCUT2D eigenvalue weighted by atomic mass is 10.1. The maximum absolute atomic E-state index is 12.2. The van der Waals surface area contributed by atoms with Crippen LogP contribution < -0.4 is 0 Å². The van der Waals surface area contributed by atoms with E-state index in [0.29, 0.717) is 4.88 Å². The summed E-state index contributed by atoms with van der Waals surface area (Å²) < 4.78 is 6.74. The molecule has 4 heteroatoms. The van der Waals surface area contributed by atoms with E-state index < -0.39 is 0 Å². The summed E-state index contributed by atoms with van der Waals surface area (Å²) in [5.74, 6) is -0.179. The van der Waals surface area contributed by atoms with E-state index in [1.54, 1.807) is 0 Å². The molecule has 1 aromatic carbocycles. The number of nitrogens with zero attached hydrogens (tertiary/aromatic N) is 1. The Morgan fingerprint density at radius 2 is 2.26 bits per heavy atom. The number of thiophene rings is 1. The Morgan fingerprint density at radius 1 is 1.42 bits per heavy atom. The van der Waals surface area contributed by atoms with Gasteiger partial charge in [0.15, 0.2) is 0 Å². The van der Waals surface area contributed by atoms with E-state index in [1.807, 2.05) is 30.3 Å². The summed E-state index contributed by atoms with van der Waals surface area (Å²) in [6.45, 7) is 1.94. The van der Waals surface area contributed by atoms with Crippen molar-refractivity contribution in [3.63, 3.8) is 0 Å². The molecule has 1 aromatic heterocycles. The van der Waals surface area contributed by atoms with Crippen LogP contribution in [0.4, 0.5) is 0 Å². The number of ether oxygens (including phenoxy) is 1. The third-order valence-corrected chi connectivity index (χ3v) is 4.58. The maximum atomic E-state index is 12.2. The topological polar surface area (TPSA) is 29.5 Å². The molecule has 0 spiro atoms. The van der Waals surface area contributed by atoms with Crippen molar-refractivity contribution in [2.45, 2.75) is 18.9 Å². The first-order valence-corrected chi connectivity index (χ1v) is 7.42. The average molecular weight is 275 g/mol. The number of benzene rings is 1. The van der Waals surface area contributed by atoms with Gasteiger partial charge >= 0.3 is 5.97 Å². The van der Waals surface area contributed by atoms with E-state index >= 15 is 0 Å². The average Bonchev–Trinajstić information content (AvgIpc) is 2.82. The SMILES string of the molecule is CN1CCCC(OC(=O)c2cc3ccccc3s2)C1. The van der Waals surface area contributed by atoms with Crippen LogP contribution in [0.1, 0.15) is 22.5 Å². The summed E-state index contributed by atoms with van der Waals surface area (Å²) in [5, 5.41) is 1.11. The fourth-order valence-electron chi connectivity index (χ4n) is 2.51. The number of rotatable bonds is 2. The first-order valence-electron chi connectivity index (χ1n) is 6.60. The Hall–Kier alpha value is -1.39. The highest BCUT2D eigenvalue weighted by Gasteiger charge is 2.22. The van der Waals surface area contributed by atoms with E-state index in [9.17, 15) is 4.79 Å². The molecule has 2 heterocycles. The number of carbonyl (C=O) groups is 1. The summed E-state index contributed by atoms with van der Waals surface area (Å²) >= 11 is 1.51. The molecule has 1 atom stereocenters. The van der Waals surface area contributed by atoms with Crippen molar-refractivity contribution in [3.05, 3.63) is 35.2 Å². The molecule has 0 radical (unpaired) electrons. The minimum absolute atomic E-state index is 0.0384. The van der Waals surface area contributed by atoms with Crippen molar-refractivity contribution in [1.82, 2.24) is 4.90 Å². The molecule has 1 fully saturated rings. The second kappa shape index (κ2) is 5.31. The number of esters is 1. The molecule has 3 rings (SSSR count). The Balaban J connectivity index is 1.72. The second-order valence-corrected chi connectivity index (χ2v) is 6.16. The van der Waals surface area contributed by atoms with Gasteiger partial charge in [0.1, 0.15) is 11.0 Å². The van der Waals surface area contributed by atoms with Crippen LogP contribution in [0.2, 0.25) is 0 Å². The van der Waals surface area contributed by atoms with Gasteiger partial charge in [-0.05, 0) is 44.0 Å². The van der Waals surface area contributed by atoms with Crippen LogP contribution in [-0.2, 0) is 4.74 Å². The molecule has 1 unspecified atom stereocenters. The molecule has 0 saturated carbocycles. The number of carbonyl (C=O) groups excluding carboxylic acids is 1. The predicted octanol–water partition coefficient (Wildman–Crippen LogP) is 3.15. The van der Waals surface area contributed by atoms with Gasteiger partial charge in [-0.25, -0.2) is 4.79 Å². The molecular formula is C15H17NO2S. The van der Waals surface area contributed by atoms with Crippen LogP contribution in [0.15, 0.2) is 30.3 Å². The lowest BCUT2D eigenvalue weighted by Gasteiger charge is -2.29. The van der Waals surface area contributed by atoms with Crippen LogP contribution >= 0.6 is 11.3 Å². The van der Waals surface area contributed by atoms with Gasteiger partial charge in [-0.3, -0.25) is 0 Å². The normalized spacial score (nSPS) is 20.6. The van der Waals surface area contributed by atoms with Gasteiger partial charge in [-0.15, -0.1) is 11.3 Å². The van der Waals surface area contributed by atoms with Crippen molar-refractivity contribution < 1.29 is 9.53 Å². The molecule has 0 N–H and O–H groups in total. The number of likely N-dealkylation sites (tertiary alicyclic amines) is 1. The fraction of sp³-hybridized carbons (Fsp3) is 0.400. The zero-order valence-corrected chi connectivity index (χ0v) is 11.8. The number of fused-ring (bicyclic) bond motifs is 1. The van der Waals surface area contributed by atoms with Gasteiger partial charge in [0.2, 0.25) is 0 Å². The highest BCUT2D eigenvalue weighted by Crippen LogP contribution is 2.26. The van der Waals surface area contributed by atoms with Gasteiger partial charge in [-0.2, -0.15) is 0 Å². The van der Waals surface area contributed by atoms with Gasteiger partial charge in [-0.1, -0.05) is 18.2 Å². The predicted molar refractivity (Wildman–Crippen MR) is 77.8 cm³/mol.